The van der Waals surface area contributed by atoms with E-state index in [1.54, 1.807) is 0 Å². The van der Waals surface area contributed by atoms with Crippen molar-refractivity contribution in [1.29, 1.82) is 0 Å². The van der Waals surface area contributed by atoms with E-state index in [2.05, 4.69) is 138 Å². The van der Waals surface area contributed by atoms with Gasteiger partial charge >= 0.3 is 0 Å². The molecule has 5 heterocycles. The van der Waals surface area contributed by atoms with Gasteiger partial charge in [0.2, 0.25) is 11.7 Å². The Labute approximate surface area is 332 Å². The number of nitrogens with zero attached hydrogens (tertiary/aromatic N) is 3. The Balaban J connectivity index is 1.23. The van der Waals surface area contributed by atoms with Crippen molar-refractivity contribution < 1.29 is 8.83 Å². The number of hydrogen-bond acceptors (Lipinski definition) is 5. The SMILES string of the molecule is c1ccc2c(c1)cc(-c1nc(-n3c4ccc5ccccc5c4c4c5ccccc5c5c6ccccc6sc5c43)nc3oc4ccccc4c13)c1oc3ccccc3c12. The van der Waals surface area contributed by atoms with Crippen LogP contribution >= 0.6 is 11.3 Å². The minimum atomic E-state index is 0.530. The number of benzene rings is 9. The van der Waals surface area contributed by atoms with Crippen LogP contribution in [-0.2, 0) is 0 Å². The molecule has 6 heteroatoms. The van der Waals surface area contributed by atoms with Crippen LogP contribution in [0.3, 0.4) is 0 Å². The maximum absolute atomic E-state index is 6.85. The summed E-state index contributed by atoms with van der Waals surface area (Å²) in [5, 5.41) is 15.9. The highest BCUT2D eigenvalue weighted by Crippen LogP contribution is 2.50. The zero-order valence-corrected chi connectivity index (χ0v) is 31.5. The van der Waals surface area contributed by atoms with Crippen molar-refractivity contribution in [2.45, 2.75) is 0 Å². The minimum absolute atomic E-state index is 0.530. The summed E-state index contributed by atoms with van der Waals surface area (Å²) in [5.41, 5.74) is 6.72. The van der Waals surface area contributed by atoms with Crippen molar-refractivity contribution in [3.05, 3.63) is 164 Å². The number of furan rings is 2. The molecule has 5 nitrogen and oxygen atoms in total. The Bertz CT molecular complexity index is 4110. The Morgan fingerprint density at radius 2 is 1.05 bits per heavy atom. The smallest absolute Gasteiger partial charge is 0.238 e. The number of para-hydroxylation sites is 2. The Kier molecular flexibility index (Phi) is 5.85. The molecule has 0 amide bonds. The molecule has 0 saturated carbocycles. The molecule has 0 N–H and O–H groups in total. The molecule has 0 aliphatic rings. The summed E-state index contributed by atoms with van der Waals surface area (Å²) in [6.07, 6.45) is 0. The van der Waals surface area contributed by atoms with Crippen molar-refractivity contribution >= 4 is 130 Å². The molecule has 0 bridgehead atoms. The minimum Gasteiger partial charge on any atom is -0.455 e. The van der Waals surface area contributed by atoms with Gasteiger partial charge in [-0.3, -0.25) is 4.57 Å². The van der Waals surface area contributed by atoms with Crippen LogP contribution in [0.25, 0.3) is 136 Å². The standard InChI is InChI=1S/C52H27N3O2S/c1-3-15-30-28(13-1)25-26-38-44(30)45-33-18-6-5-17-32(33)43-36-21-9-12-24-41(36)58-50(43)48(45)55(38)52-53-47(46-35-20-8-11-23-40(35)57-51(46)54-52)37-27-29-14-2-4-16-31(29)42-34-19-7-10-22-39(34)56-49(37)42/h1-27H. The second-order valence-electron chi connectivity index (χ2n) is 15.2. The fourth-order valence-electron chi connectivity index (χ4n) is 9.80. The highest BCUT2D eigenvalue weighted by atomic mass is 32.1. The maximum atomic E-state index is 6.85. The van der Waals surface area contributed by atoms with Gasteiger partial charge in [-0.1, -0.05) is 133 Å². The van der Waals surface area contributed by atoms with Crippen LogP contribution in [0.5, 0.6) is 0 Å². The van der Waals surface area contributed by atoms with Gasteiger partial charge in [-0.2, -0.15) is 4.98 Å². The lowest BCUT2D eigenvalue weighted by Crippen LogP contribution is -2.03. The molecule has 14 rings (SSSR count). The normalized spacial score (nSPS) is 12.5. The highest BCUT2D eigenvalue weighted by Gasteiger charge is 2.27. The van der Waals surface area contributed by atoms with E-state index in [1.165, 1.54) is 52.5 Å². The monoisotopic (exact) mass is 757 g/mol. The summed E-state index contributed by atoms with van der Waals surface area (Å²) in [5.74, 6) is 0.545. The first kappa shape index (κ1) is 30.7. The molecule has 0 aliphatic heterocycles. The van der Waals surface area contributed by atoms with Gasteiger partial charge in [0.15, 0.2) is 0 Å². The largest absolute Gasteiger partial charge is 0.455 e. The summed E-state index contributed by atoms with van der Waals surface area (Å²) in [6, 6.07) is 58.0. The summed E-state index contributed by atoms with van der Waals surface area (Å²) < 4.78 is 18.3. The molecule has 0 fully saturated rings. The van der Waals surface area contributed by atoms with E-state index in [-0.39, 0.29) is 0 Å². The first-order chi connectivity index (χ1) is 28.8. The molecule has 0 atom stereocenters. The Hall–Kier alpha value is -7.54. The van der Waals surface area contributed by atoms with Crippen LogP contribution in [0, 0.1) is 0 Å². The van der Waals surface area contributed by atoms with Gasteiger partial charge in [0.1, 0.15) is 16.7 Å². The lowest BCUT2D eigenvalue weighted by atomic mass is 9.97. The first-order valence-electron chi connectivity index (χ1n) is 19.5. The molecule has 268 valence electrons. The highest BCUT2D eigenvalue weighted by molar-refractivity contribution is 7.27. The average Bonchev–Trinajstić information content (AvgIpc) is 4.05. The average molecular weight is 758 g/mol. The molecule has 0 radical (unpaired) electrons. The van der Waals surface area contributed by atoms with Crippen LogP contribution in [0.2, 0.25) is 0 Å². The Morgan fingerprint density at radius 1 is 0.448 bits per heavy atom. The zero-order chi connectivity index (χ0) is 37.6. The molecule has 5 aromatic heterocycles. The fourth-order valence-corrected chi connectivity index (χ4v) is 11.1. The lowest BCUT2D eigenvalue weighted by molar-refractivity contribution is 0.651. The number of fused-ring (bicyclic) bond motifs is 20. The predicted molar refractivity (Wildman–Crippen MR) is 242 cm³/mol. The maximum Gasteiger partial charge on any atom is 0.238 e. The van der Waals surface area contributed by atoms with Gasteiger partial charge < -0.3 is 8.83 Å². The molecular formula is C52H27N3O2S. The van der Waals surface area contributed by atoms with Crippen LogP contribution < -0.4 is 0 Å². The summed E-state index contributed by atoms with van der Waals surface area (Å²) in [4.78, 5) is 11.1. The van der Waals surface area contributed by atoms with Crippen molar-refractivity contribution in [3.8, 4) is 17.2 Å². The fraction of sp³-hybridized carbons (Fsp3) is 0. The van der Waals surface area contributed by atoms with E-state index in [1.807, 2.05) is 41.7 Å². The third-order valence-corrected chi connectivity index (χ3v) is 13.4. The quantitative estimate of drug-likeness (QED) is 0.176. The van der Waals surface area contributed by atoms with Gasteiger partial charge in [-0.25, -0.2) is 4.98 Å². The second kappa shape index (κ2) is 11.1. The molecule has 14 aromatic rings. The molecule has 58 heavy (non-hydrogen) atoms. The summed E-state index contributed by atoms with van der Waals surface area (Å²) in [6.45, 7) is 0. The van der Waals surface area contributed by atoms with Crippen LogP contribution in [0.1, 0.15) is 0 Å². The molecule has 0 saturated heterocycles. The predicted octanol–water partition coefficient (Wildman–Crippen LogP) is 14.9. The van der Waals surface area contributed by atoms with E-state index >= 15 is 0 Å². The number of aromatic nitrogens is 3. The van der Waals surface area contributed by atoms with Crippen molar-refractivity contribution in [1.82, 2.24) is 14.5 Å². The van der Waals surface area contributed by atoms with Crippen molar-refractivity contribution in [2.75, 3.05) is 0 Å². The number of rotatable bonds is 2. The van der Waals surface area contributed by atoms with Crippen molar-refractivity contribution in [2.24, 2.45) is 0 Å². The van der Waals surface area contributed by atoms with Gasteiger partial charge in [-0.15, -0.1) is 11.3 Å². The van der Waals surface area contributed by atoms with E-state index < -0.39 is 0 Å². The third kappa shape index (κ3) is 3.89. The van der Waals surface area contributed by atoms with E-state index in [0.29, 0.717) is 11.7 Å². The van der Waals surface area contributed by atoms with Crippen molar-refractivity contribution in [3.63, 3.8) is 0 Å². The van der Waals surface area contributed by atoms with Gasteiger partial charge in [0.25, 0.3) is 0 Å². The molecule has 0 spiro atoms. The molecule has 0 unspecified atom stereocenters. The first-order valence-corrected chi connectivity index (χ1v) is 20.3. The van der Waals surface area contributed by atoms with Gasteiger partial charge in [0.05, 0.1) is 26.8 Å². The topological polar surface area (TPSA) is 57.0 Å². The van der Waals surface area contributed by atoms with E-state index in [9.17, 15) is 0 Å². The summed E-state index contributed by atoms with van der Waals surface area (Å²) in [7, 11) is 0. The summed E-state index contributed by atoms with van der Waals surface area (Å²) >= 11 is 1.83. The molecular weight excluding hydrogens is 731 g/mol. The van der Waals surface area contributed by atoms with Crippen LogP contribution in [0.4, 0.5) is 0 Å². The zero-order valence-electron chi connectivity index (χ0n) is 30.7. The number of hydrogen-bond donors (Lipinski definition) is 0. The lowest BCUT2D eigenvalue weighted by Gasteiger charge is -2.12. The number of thiophene rings is 1. The van der Waals surface area contributed by atoms with E-state index in [4.69, 9.17) is 18.8 Å². The Morgan fingerprint density at radius 3 is 1.84 bits per heavy atom. The third-order valence-electron chi connectivity index (χ3n) is 12.2. The second-order valence-corrected chi connectivity index (χ2v) is 16.2. The van der Waals surface area contributed by atoms with Gasteiger partial charge in [-0.05, 0) is 62.6 Å². The van der Waals surface area contributed by atoms with Crippen LogP contribution in [-0.4, -0.2) is 14.5 Å². The molecule has 0 aliphatic carbocycles. The van der Waals surface area contributed by atoms with Crippen LogP contribution in [0.15, 0.2) is 173 Å². The molecule has 9 aromatic carbocycles. The van der Waals surface area contributed by atoms with E-state index in [0.717, 1.165) is 71.4 Å². The van der Waals surface area contributed by atoms with Gasteiger partial charge in [0, 0.05) is 48.0 Å².